The molecule has 0 heterocycles. The van der Waals surface area contributed by atoms with Crippen molar-refractivity contribution in [3.8, 4) is 0 Å². The molecule has 0 bridgehead atoms. The summed E-state index contributed by atoms with van der Waals surface area (Å²) in [7, 11) is 3.18. The van der Waals surface area contributed by atoms with E-state index in [0.717, 1.165) is 0 Å². The maximum Gasteiger partial charge on any atom is 0.338 e. The van der Waals surface area contributed by atoms with E-state index < -0.39 is 5.97 Å². The Kier molecular flexibility index (Phi) is 4.48. The van der Waals surface area contributed by atoms with Gasteiger partial charge in [0, 0.05) is 19.8 Å². The Morgan fingerprint density at radius 2 is 1.72 bits per heavy atom. The fourth-order valence-corrected chi connectivity index (χ4v) is 1.44. The van der Waals surface area contributed by atoms with Crippen LogP contribution in [0.3, 0.4) is 0 Å². The zero-order valence-electron chi connectivity index (χ0n) is 10.6. The van der Waals surface area contributed by atoms with Crippen LogP contribution in [-0.4, -0.2) is 36.1 Å². The van der Waals surface area contributed by atoms with Crippen LogP contribution in [0, 0.1) is 0 Å². The molecule has 0 atom stereocenters. The molecular formula is C13H16N2O3. The van der Waals surface area contributed by atoms with Gasteiger partial charge in [-0.05, 0) is 12.5 Å². The molecule has 18 heavy (non-hydrogen) atoms. The molecule has 96 valence electrons. The van der Waals surface area contributed by atoms with Gasteiger partial charge in [-0.3, -0.25) is 0 Å². The standard InChI is InChI=1S/C13H16N2O3/c1-9(14-13(18)15(2)3)11(12(16)17)10-7-5-4-6-8-10/h4-8H,1-3H3,(H,14,18)(H,16,17)/b11-9-. The zero-order valence-corrected chi connectivity index (χ0v) is 10.6. The summed E-state index contributed by atoms with van der Waals surface area (Å²) in [5.41, 5.74) is 0.958. The second-order valence-corrected chi connectivity index (χ2v) is 4.00. The van der Waals surface area contributed by atoms with E-state index in [2.05, 4.69) is 5.32 Å². The lowest BCUT2D eigenvalue weighted by Crippen LogP contribution is -2.34. The number of benzene rings is 1. The van der Waals surface area contributed by atoms with E-state index >= 15 is 0 Å². The van der Waals surface area contributed by atoms with E-state index in [1.54, 1.807) is 51.4 Å². The Labute approximate surface area is 106 Å². The topological polar surface area (TPSA) is 69.6 Å². The molecule has 1 aromatic carbocycles. The number of hydrogen-bond donors (Lipinski definition) is 2. The molecule has 1 aromatic rings. The van der Waals surface area contributed by atoms with E-state index in [0.29, 0.717) is 11.3 Å². The van der Waals surface area contributed by atoms with E-state index in [4.69, 9.17) is 0 Å². The lowest BCUT2D eigenvalue weighted by molar-refractivity contribution is -0.130. The Balaban J connectivity index is 3.12. The summed E-state index contributed by atoms with van der Waals surface area (Å²) in [6.45, 7) is 1.57. The first kappa shape index (κ1) is 13.8. The van der Waals surface area contributed by atoms with Crippen molar-refractivity contribution in [1.29, 1.82) is 0 Å². The Morgan fingerprint density at radius 1 is 1.17 bits per heavy atom. The summed E-state index contributed by atoms with van der Waals surface area (Å²) in [4.78, 5) is 24.1. The van der Waals surface area contributed by atoms with Crippen LogP contribution < -0.4 is 5.32 Å². The molecule has 2 N–H and O–H groups in total. The minimum Gasteiger partial charge on any atom is -0.478 e. The van der Waals surface area contributed by atoms with Crippen LogP contribution in [0.15, 0.2) is 36.0 Å². The normalized spacial score (nSPS) is 11.5. The molecule has 0 saturated heterocycles. The molecule has 0 aliphatic rings. The maximum absolute atomic E-state index is 11.5. The molecule has 0 aromatic heterocycles. The summed E-state index contributed by atoms with van der Waals surface area (Å²) in [6.07, 6.45) is 0. The predicted octanol–water partition coefficient (Wildman–Crippen LogP) is 1.77. The van der Waals surface area contributed by atoms with Gasteiger partial charge in [-0.1, -0.05) is 30.3 Å². The number of carbonyl (C=O) groups is 2. The van der Waals surface area contributed by atoms with Crippen molar-refractivity contribution in [2.75, 3.05) is 14.1 Å². The number of carboxylic acids is 1. The number of hydrogen-bond acceptors (Lipinski definition) is 2. The second-order valence-electron chi connectivity index (χ2n) is 4.00. The summed E-state index contributed by atoms with van der Waals surface area (Å²) < 4.78 is 0. The highest BCUT2D eigenvalue weighted by atomic mass is 16.4. The molecule has 5 nitrogen and oxygen atoms in total. The van der Waals surface area contributed by atoms with Gasteiger partial charge >= 0.3 is 12.0 Å². The molecule has 0 fully saturated rings. The number of carboxylic acid groups (broad SMARTS) is 1. The van der Waals surface area contributed by atoms with Crippen LogP contribution in [0.5, 0.6) is 0 Å². The van der Waals surface area contributed by atoms with E-state index in [1.807, 2.05) is 0 Å². The van der Waals surface area contributed by atoms with Crippen LogP contribution in [-0.2, 0) is 4.79 Å². The molecule has 0 saturated carbocycles. The largest absolute Gasteiger partial charge is 0.478 e. The molecule has 0 aliphatic heterocycles. The van der Waals surface area contributed by atoms with Gasteiger partial charge in [0.2, 0.25) is 0 Å². The second kappa shape index (κ2) is 5.86. The van der Waals surface area contributed by atoms with Crippen molar-refractivity contribution in [1.82, 2.24) is 10.2 Å². The van der Waals surface area contributed by atoms with E-state index in [1.165, 1.54) is 4.90 Å². The van der Waals surface area contributed by atoms with Crippen LogP contribution in [0.25, 0.3) is 5.57 Å². The highest BCUT2D eigenvalue weighted by molar-refractivity contribution is 6.16. The molecular weight excluding hydrogens is 232 g/mol. The fourth-order valence-electron chi connectivity index (χ4n) is 1.44. The summed E-state index contributed by atoms with van der Waals surface area (Å²) in [6, 6.07) is 8.32. The minimum atomic E-state index is -1.07. The number of amides is 2. The number of rotatable bonds is 3. The number of carbonyl (C=O) groups excluding carboxylic acids is 1. The van der Waals surface area contributed by atoms with Crippen LogP contribution in [0.4, 0.5) is 4.79 Å². The van der Waals surface area contributed by atoms with Crippen molar-refractivity contribution in [3.05, 3.63) is 41.6 Å². The lowest BCUT2D eigenvalue weighted by Gasteiger charge is -2.14. The first-order chi connectivity index (χ1) is 8.43. The third-order valence-electron chi connectivity index (χ3n) is 2.35. The first-order valence-electron chi connectivity index (χ1n) is 5.41. The number of allylic oxidation sites excluding steroid dienone is 1. The van der Waals surface area contributed by atoms with Crippen LogP contribution >= 0.6 is 0 Å². The first-order valence-corrected chi connectivity index (χ1v) is 5.41. The average molecular weight is 248 g/mol. The Morgan fingerprint density at radius 3 is 2.17 bits per heavy atom. The van der Waals surface area contributed by atoms with Crippen molar-refractivity contribution in [2.45, 2.75) is 6.92 Å². The van der Waals surface area contributed by atoms with Gasteiger partial charge in [0.1, 0.15) is 0 Å². The van der Waals surface area contributed by atoms with Crippen LogP contribution in [0.2, 0.25) is 0 Å². The van der Waals surface area contributed by atoms with Gasteiger partial charge in [-0.25, -0.2) is 9.59 Å². The quantitative estimate of drug-likeness (QED) is 0.801. The number of aliphatic carboxylic acids is 1. The Bertz CT molecular complexity index is 478. The van der Waals surface area contributed by atoms with Crippen molar-refractivity contribution in [3.63, 3.8) is 0 Å². The molecule has 5 heteroatoms. The maximum atomic E-state index is 11.5. The van der Waals surface area contributed by atoms with Crippen LogP contribution in [0.1, 0.15) is 12.5 Å². The summed E-state index contributed by atoms with van der Waals surface area (Å²) in [5, 5.41) is 11.8. The van der Waals surface area contributed by atoms with Gasteiger partial charge < -0.3 is 15.3 Å². The third-order valence-corrected chi connectivity index (χ3v) is 2.35. The monoisotopic (exact) mass is 248 g/mol. The number of nitrogens with one attached hydrogen (secondary N) is 1. The van der Waals surface area contributed by atoms with Gasteiger partial charge in [0.15, 0.2) is 0 Å². The summed E-state index contributed by atoms with van der Waals surface area (Å²) >= 11 is 0. The molecule has 2 amide bonds. The highest BCUT2D eigenvalue weighted by Gasteiger charge is 2.15. The highest BCUT2D eigenvalue weighted by Crippen LogP contribution is 2.17. The molecule has 0 radical (unpaired) electrons. The van der Waals surface area contributed by atoms with Crippen molar-refractivity contribution in [2.24, 2.45) is 0 Å². The molecule has 0 aliphatic carbocycles. The zero-order chi connectivity index (χ0) is 13.7. The van der Waals surface area contributed by atoms with Gasteiger partial charge in [-0.2, -0.15) is 0 Å². The van der Waals surface area contributed by atoms with E-state index in [-0.39, 0.29) is 11.6 Å². The van der Waals surface area contributed by atoms with Crippen molar-refractivity contribution >= 4 is 17.6 Å². The Hall–Kier alpha value is -2.30. The minimum absolute atomic E-state index is 0.0887. The van der Waals surface area contributed by atoms with Crippen molar-refractivity contribution < 1.29 is 14.7 Å². The molecule has 1 rings (SSSR count). The smallest absolute Gasteiger partial charge is 0.338 e. The fraction of sp³-hybridized carbons (Fsp3) is 0.231. The summed E-state index contributed by atoms with van der Waals surface area (Å²) in [5.74, 6) is -1.07. The van der Waals surface area contributed by atoms with Gasteiger partial charge in [-0.15, -0.1) is 0 Å². The number of urea groups is 1. The number of nitrogens with zero attached hydrogens (tertiary/aromatic N) is 1. The third kappa shape index (κ3) is 3.35. The molecule has 0 spiro atoms. The lowest BCUT2D eigenvalue weighted by atomic mass is 10.0. The SMILES string of the molecule is C/C(NC(=O)N(C)C)=C(/C(=O)O)c1ccccc1. The molecule has 0 unspecified atom stereocenters. The average Bonchev–Trinajstić information content (AvgIpc) is 2.29. The van der Waals surface area contributed by atoms with Gasteiger partial charge in [0.05, 0.1) is 5.57 Å². The van der Waals surface area contributed by atoms with E-state index in [9.17, 15) is 14.7 Å². The predicted molar refractivity (Wildman–Crippen MR) is 68.9 cm³/mol. The van der Waals surface area contributed by atoms with Gasteiger partial charge in [0.25, 0.3) is 0 Å².